The Bertz CT molecular complexity index is 172. The van der Waals surface area contributed by atoms with Gasteiger partial charge in [0, 0.05) is 12.8 Å². The SMILES string of the molecule is CCCCCCCCCCC1CCC(CO)[NH2+]1. The lowest BCUT2D eigenvalue weighted by Crippen LogP contribution is -2.92. The molecule has 1 fully saturated rings. The minimum absolute atomic E-state index is 0.369. The van der Waals surface area contributed by atoms with Crippen LogP contribution in [-0.2, 0) is 0 Å². The van der Waals surface area contributed by atoms with Gasteiger partial charge in [0.1, 0.15) is 6.04 Å². The Morgan fingerprint density at radius 1 is 0.882 bits per heavy atom. The molecular weight excluding hydrogens is 210 g/mol. The minimum atomic E-state index is 0.369. The van der Waals surface area contributed by atoms with Gasteiger partial charge in [0.25, 0.3) is 0 Å². The van der Waals surface area contributed by atoms with E-state index in [2.05, 4.69) is 12.2 Å². The van der Waals surface area contributed by atoms with Crippen molar-refractivity contribution in [2.24, 2.45) is 0 Å². The average molecular weight is 242 g/mol. The minimum Gasteiger partial charge on any atom is -0.390 e. The molecule has 0 bridgehead atoms. The van der Waals surface area contributed by atoms with Crippen LogP contribution in [0.15, 0.2) is 0 Å². The summed E-state index contributed by atoms with van der Waals surface area (Å²) in [6.45, 7) is 2.64. The number of unbranched alkanes of at least 4 members (excludes halogenated alkanes) is 7. The first kappa shape index (κ1) is 15.0. The van der Waals surface area contributed by atoms with Crippen molar-refractivity contribution in [3.63, 3.8) is 0 Å². The Hall–Kier alpha value is -0.0800. The molecule has 0 radical (unpaired) electrons. The summed E-state index contributed by atoms with van der Waals surface area (Å²) >= 11 is 0. The zero-order valence-corrected chi connectivity index (χ0v) is 11.7. The predicted octanol–water partition coefficient (Wildman–Crippen LogP) is 2.60. The van der Waals surface area contributed by atoms with E-state index < -0.39 is 0 Å². The molecule has 0 saturated carbocycles. The maximum Gasteiger partial charge on any atom is 0.110 e. The lowest BCUT2D eigenvalue weighted by molar-refractivity contribution is -0.703. The fourth-order valence-electron chi connectivity index (χ4n) is 2.94. The van der Waals surface area contributed by atoms with Gasteiger partial charge < -0.3 is 10.4 Å². The summed E-state index contributed by atoms with van der Waals surface area (Å²) in [5.41, 5.74) is 0. The summed E-state index contributed by atoms with van der Waals surface area (Å²) in [6.07, 6.45) is 15.2. The van der Waals surface area contributed by atoms with Gasteiger partial charge in [-0.2, -0.15) is 0 Å². The summed E-state index contributed by atoms with van der Waals surface area (Å²) in [6, 6.07) is 1.32. The molecule has 0 amide bonds. The van der Waals surface area contributed by atoms with Crippen molar-refractivity contribution >= 4 is 0 Å². The monoisotopic (exact) mass is 242 g/mol. The standard InChI is InChI=1S/C15H31NO/c1-2-3-4-5-6-7-8-9-10-14-11-12-15(13-17)16-14/h14-17H,2-13H2,1H3/p+1. The Morgan fingerprint density at radius 2 is 1.47 bits per heavy atom. The topological polar surface area (TPSA) is 36.8 Å². The van der Waals surface area contributed by atoms with Crippen LogP contribution in [0.4, 0.5) is 0 Å². The third-order valence-electron chi connectivity index (χ3n) is 4.12. The van der Waals surface area contributed by atoms with E-state index in [1.807, 2.05) is 0 Å². The highest BCUT2D eigenvalue weighted by Gasteiger charge is 2.26. The van der Waals surface area contributed by atoms with Crippen LogP contribution in [0.25, 0.3) is 0 Å². The van der Waals surface area contributed by atoms with Gasteiger partial charge in [-0.25, -0.2) is 0 Å². The van der Waals surface area contributed by atoms with Crippen LogP contribution in [0.3, 0.4) is 0 Å². The molecule has 1 saturated heterocycles. The van der Waals surface area contributed by atoms with E-state index in [4.69, 9.17) is 5.11 Å². The lowest BCUT2D eigenvalue weighted by atomic mass is 10.0. The number of rotatable bonds is 10. The van der Waals surface area contributed by atoms with Crippen molar-refractivity contribution in [1.82, 2.24) is 0 Å². The number of aliphatic hydroxyl groups is 1. The van der Waals surface area contributed by atoms with Gasteiger partial charge >= 0.3 is 0 Å². The molecule has 1 aliphatic heterocycles. The molecule has 2 atom stereocenters. The van der Waals surface area contributed by atoms with Crippen molar-refractivity contribution < 1.29 is 10.4 Å². The summed E-state index contributed by atoms with van der Waals surface area (Å²) in [7, 11) is 0. The highest BCUT2D eigenvalue weighted by atomic mass is 16.3. The van der Waals surface area contributed by atoms with Crippen LogP contribution >= 0.6 is 0 Å². The molecular formula is C15H32NO+. The highest BCUT2D eigenvalue weighted by molar-refractivity contribution is 4.67. The zero-order valence-electron chi connectivity index (χ0n) is 11.7. The third kappa shape index (κ3) is 7.05. The van der Waals surface area contributed by atoms with E-state index >= 15 is 0 Å². The fourth-order valence-corrected chi connectivity index (χ4v) is 2.94. The molecule has 0 aromatic heterocycles. The normalized spacial score (nSPS) is 24.4. The maximum absolute atomic E-state index is 9.06. The predicted molar refractivity (Wildman–Crippen MR) is 73.0 cm³/mol. The summed E-state index contributed by atoms with van der Waals surface area (Å²) < 4.78 is 0. The lowest BCUT2D eigenvalue weighted by Gasteiger charge is -2.09. The van der Waals surface area contributed by atoms with Crippen LogP contribution in [0.1, 0.15) is 77.6 Å². The number of hydrogen-bond donors (Lipinski definition) is 2. The third-order valence-corrected chi connectivity index (χ3v) is 4.12. The second-order valence-electron chi connectivity index (χ2n) is 5.74. The quantitative estimate of drug-likeness (QED) is 0.568. The van der Waals surface area contributed by atoms with Gasteiger partial charge in [-0.3, -0.25) is 0 Å². The first-order chi connectivity index (χ1) is 8.36. The van der Waals surface area contributed by atoms with Crippen molar-refractivity contribution in [2.45, 2.75) is 89.6 Å². The molecule has 3 N–H and O–H groups in total. The molecule has 17 heavy (non-hydrogen) atoms. The first-order valence-corrected chi connectivity index (χ1v) is 7.82. The molecule has 2 nitrogen and oxygen atoms in total. The Kier molecular flexibility index (Phi) is 8.72. The van der Waals surface area contributed by atoms with Crippen LogP contribution in [-0.4, -0.2) is 23.8 Å². The molecule has 0 aromatic rings. The van der Waals surface area contributed by atoms with E-state index in [9.17, 15) is 0 Å². The first-order valence-electron chi connectivity index (χ1n) is 7.82. The van der Waals surface area contributed by atoms with E-state index in [0.29, 0.717) is 12.6 Å². The van der Waals surface area contributed by atoms with Gasteiger partial charge in [0.05, 0.1) is 12.6 Å². The molecule has 1 aliphatic rings. The maximum atomic E-state index is 9.06. The van der Waals surface area contributed by atoms with E-state index in [-0.39, 0.29) is 0 Å². The second-order valence-corrected chi connectivity index (χ2v) is 5.74. The van der Waals surface area contributed by atoms with Crippen LogP contribution < -0.4 is 5.32 Å². The molecule has 2 heteroatoms. The van der Waals surface area contributed by atoms with Crippen LogP contribution in [0.5, 0.6) is 0 Å². The molecule has 1 rings (SSSR count). The second kappa shape index (κ2) is 9.90. The van der Waals surface area contributed by atoms with Gasteiger partial charge in [-0.1, -0.05) is 51.9 Å². The van der Waals surface area contributed by atoms with Crippen LogP contribution in [0.2, 0.25) is 0 Å². The van der Waals surface area contributed by atoms with E-state index in [1.54, 1.807) is 0 Å². The Labute approximate surface area is 107 Å². The Morgan fingerprint density at radius 3 is 2.06 bits per heavy atom. The van der Waals surface area contributed by atoms with Crippen molar-refractivity contribution in [3.8, 4) is 0 Å². The highest BCUT2D eigenvalue weighted by Crippen LogP contribution is 2.13. The number of quaternary nitrogens is 1. The number of hydrogen-bond acceptors (Lipinski definition) is 1. The van der Waals surface area contributed by atoms with Crippen molar-refractivity contribution in [3.05, 3.63) is 0 Å². The van der Waals surface area contributed by atoms with Gasteiger partial charge in [0.2, 0.25) is 0 Å². The van der Waals surface area contributed by atoms with Crippen LogP contribution in [0, 0.1) is 0 Å². The number of aliphatic hydroxyl groups excluding tert-OH is 1. The summed E-state index contributed by atoms with van der Waals surface area (Å²) in [4.78, 5) is 0. The van der Waals surface area contributed by atoms with Gasteiger partial charge in [0.15, 0.2) is 0 Å². The zero-order chi connectivity index (χ0) is 12.3. The van der Waals surface area contributed by atoms with E-state index in [1.165, 1.54) is 70.6 Å². The molecule has 1 heterocycles. The summed E-state index contributed by atoms with van der Waals surface area (Å²) in [5.74, 6) is 0. The molecule has 102 valence electrons. The largest absolute Gasteiger partial charge is 0.390 e. The Balaban J connectivity index is 1.81. The molecule has 0 spiro atoms. The molecule has 2 unspecified atom stereocenters. The summed E-state index contributed by atoms with van der Waals surface area (Å²) in [5, 5.41) is 11.5. The fraction of sp³-hybridized carbons (Fsp3) is 1.00. The van der Waals surface area contributed by atoms with Crippen molar-refractivity contribution in [2.75, 3.05) is 6.61 Å². The van der Waals surface area contributed by atoms with E-state index in [0.717, 1.165) is 6.04 Å². The smallest absolute Gasteiger partial charge is 0.110 e. The molecule has 0 aliphatic carbocycles. The number of nitrogens with two attached hydrogens (primary N) is 1. The average Bonchev–Trinajstić information content (AvgIpc) is 2.80. The van der Waals surface area contributed by atoms with Gasteiger partial charge in [-0.05, 0) is 12.8 Å². The van der Waals surface area contributed by atoms with Gasteiger partial charge in [-0.15, -0.1) is 0 Å². The van der Waals surface area contributed by atoms with Crippen molar-refractivity contribution in [1.29, 1.82) is 0 Å². The molecule has 0 aromatic carbocycles.